The number of hydrogen-bond acceptors (Lipinski definition) is 2. The van der Waals surface area contributed by atoms with Crippen LogP contribution in [0.15, 0.2) is 11.1 Å². The number of hydrogen-bond donors (Lipinski definition) is 2. The number of allylic oxidation sites excluding steroid dienone is 1. The van der Waals surface area contributed by atoms with Crippen molar-refractivity contribution in [2.24, 2.45) is 11.8 Å². The van der Waals surface area contributed by atoms with Gasteiger partial charge in [0.15, 0.2) is 0 Å². The Bertz CT molecular complexity index is 192. The molecule has 1 rings (SSSR count). The summed E-state index contributed by atoms with van der Waals surface area (Å²) in [5, 5.41) is 18.4. The summed E-state index contributed by atoms with van der Waals surface area (Å²) in [4.78, 5) is 0. The molecule has 1 aliphatic rings. The van der Waals surface area contributed by atoms with Crippen molar-refractivity contribution in [3.63, 3.8) is 0 Å². The zero-order chi connectivity index (χ0) is 9.84. The lowest BCUT2D eigenvalue weighted by Gasteiger charge is -2.22. The minimum Gasteiger partial charge on any atom is -0.396 e. The summed E-state index contributed by atoms with van der Waals surface area (Å²) < 4.78 is 0. The first-order valence-corrected chi connectivity index (χ1v) is 5.14. The molecule has 0 unspecified atom stereocenters. The van der Waals surface area contributed by atoms with Crippen LogP contribution in [0.4, 0.5) is 0 Å². The van der Waals surface area contributed by atoms with E-state index in [1.54, 1.807) is 0 Å². The van der Waals surface area contributed by atoms with Crippen molar-refractivity contribution in [3.05, 3.63) is 11.1 Å². The molecule has 0 bridgehead atoms. The maximum absolute atomic E-state index is 9.21. The van der Waals surface area contributed by atoms with Crippen molar-refractivity contribution in [2.45, 2.75) is 33.1 Å². The second-order valence-corrected chi connectivity index (χ2v) is 3.96. The van der Waals surface area contributed by atoms with E-state index in [1.807, 2.05) is 0 Å². The lowest BCUT2D eigenvalue weighted by molar-refractivity contribution is 0.176. The highest BCUT2D eigenvalue weighted by atomic mass is 16.3. The first-order chi connectivity index (χ1) is 6.24. The summed E-state index contributed by atoms with van der Waals surface area (Å²) in [5.74, 6) is 0.777. The Morgan fingerprint density at radius 3 is 2.62 bits per heavy atom. The molecule has 2 heteroatoms. The molecule has 76 valence electrons. The molecule has 0 spiro atoms. The third-order valence-corrected chi connectivity index (χ3v) is 3.32. The van der Waals surface area contributed by atoms with E-state index in [0.717, 1.165) is 19.3 Å². The Kier molecular flexibility index (Phi) is 3.94. The Morgan fingerprint density at radius 2 is 2.15 bits per heavy atom. The SMILES string of the molecule is CC[C@H](CO)[C@H]1CCC(C)=C1CO. The van der Waals surface area contributed by atoms with E-state index in [4.69, 9.17) is 0 Å². The quantitative estimate of drug-likeness (QED) is 0.653. The first-order valence-electron chi connectivity index (χ1n) is 5.14. The van der Waals surface area contributed by atoms with Crippen LogP contribution < -0.4 is 0 Å². The van der Waals surface area contributed by atoms with Gasteiger partial charge in [-0.1, -0.05) is 18.9 Å². The smallest absolute Gasteiger partial charge is 0.0647 e. The molecule has 0 aromatic carbocycles. The molecule has 0 amide bonds. The molecule has 0 fully saturated rings. The van der Waals surface area contributed by atoms with Gasteiger partial charge >= 0.3 is 0 Å². The molecule has 2 atom stereocenters. The van der Waals surface area contributed by atoms with E-state index in [9.17, 15) is 10.2 Å². The molecular formula is C11H20O2. The monoisotopic (exact) mass is 184 g/mol. The minimum atomic E-state index is 0.174. The molecule has 13 heavy (non-hydrogen) atoms. The average Bonchev–Trinajstić information content (AvgIpc) is 2.50. The van der Waals surface area contributed by atoms with Crippen molar-refractivity contribution < 1.29 is 10.2 Å². The van der Waals surface area contributed by atoms with Crippen molar-refractivity contribution >= 4 is 0 Å². The molecule has 1 aliphatic carbocycles. The second kappa shape index (κ2) is 4.77. The van der Waals surface area contributed by atoms with Crippen molar-refractivity contribution in [1.82, 2.24) is 0 Å². The summed E-state index contributed by atoms with van der Waals surface area (Å²) in [6.07, 6.45) is 3.20. The van der Waals surface area contributed by atoms with Crippen molar-refractivity contribution in [3.8, 4) is 0 Å². The van der Waals surface area contributed by atoms with Crippen LogP contribution in [-0.4, -0.2) is 23.4 Å². The summed E-state index contributed by atoms with van der Waals surface area (Å²) in [5.41, 5.74) is 2.51. The number of aliphatic hydroxyl groups is 2. The fourth-order valence-electron chi connectivity index (χ4n) is 2.34. The molecule has 0 aromatic rings. The first kappa shape index (κ1) is 10.7. The van der Waals surface area contributed by atoms with Gasteiger partial charge in [0.25, 0.3) is 0 Å². The van der Waals surface area contributed by atoms with Gasteiger partial charge in [0.1, 0.15) is 0 Å². The Labute approximate surface area is 80.3 Å². The average molecular weight is 184 g/mol. The fraction of sp³-hybridized carbons (Fsp3) is 0.818. The maximum atomic E-state index is 9.21. The number of rotatable bonds is 4. The van der Waals surface area contributed by atoms with E-state index < -0.39 is 0 Å². The standard InChI is InChI=1S/C11H20O2/c1-3-9(6-12)10-5-4-8(2)11(10)7-13/h9-10,12-13H,3-7H2,1-2H3/t9-,10-/m1/s1. The van der Waals surface area contributed by atoms with E-state index >= 15 is 0 Å². The van der Waals surface area contributed by atoms with Crippen LogP contribution in [0.1, 0.15) is 33.1 Å². The normalized spacial score (nSPS) is 25.4. The molecule has 0 saturated heterocycles. The maximum Gasteiger partial charge on any atom is 0.0647 e. The lowest BCUT2D eigenvalue weighted by Crippen LogP contribution is -2.19. The van der Waals surface area contributed by atoms with Crippen molar-refractivity contribution in [1.29, 1.82) is 0 Å². The van der Waals surface area contributed by atoms with Gasteiger partial charge in [-0.15, -0.1) is 0 Å². The van der Waals surface area contributed by atoms with E-state index in [-0.39, 0.29) is 13.2 Å². The van der Waals surface area contributed by atoms with Crippen LogP contribution in [0.3, 0.4) is 0 Å². The van der Waals surface area contributed by atoms with Crippen LogP contribution in [0.5, 0.6) is 0 Å². The van der Waals surface area contributed by atoms with E-state index in [0.29, 0.717) is 11.8 Å². The predicted molar refractivity (Wildman–Crippen MR) is 53.4 cm³/mol. The molecule has 0 radical (unpaired) electrons. The van der Waals surface area contributed by atoms with Gasteiger partial charge < -0.3 is 10.2 Å². The topological polar surface area (TPSA) is 40.5 Å². The molecule has 0 heterocycles. The van der Waals surface area contributed by atoms with Gasteiger partial charge in [-0.25, -0.2) is 0 Å². The van der Waals surface area contributed by atoms with Gasteiger partial charge in [-0.05, 0) is 37.2 Å². The Hall–Kier alpha value is -0.340. The zero-order valence-corrected chi connectivity index (χ0v) is 8.58. The highest BCUT2D eigenvalue weighted by molar-refractivity contribution is 5.22. The largest absolute Gasteiger partial charge is 0.396 e. The van der Waals surface area contributed by atoms with Gasteiger partial charge in [-0.3, -0.25) is 0 Å². The molecule has 0 aliphatic heterocycles. The highest BCUT2D eigenvalue weighted by Crippen LogP contribution is 2.37. The van der Waals surface area contributed by atoms with E-state index in [2.05, 4.69) is 13.8 Å². The predicted octanol–water partition coefficient (Wildman–Crippen LogP) is 1.72. The van der Waals surface area contributed by atoms with Gasteiger partial charge in [0.05, 0.1) is 6.61 Å². The Morgan fingerprint density at radius 1 is 1.46 bits per heavy atom. The zero-order valence-electron chi connectivity index (χ0n) is 8.58. The summed E-state index contributed by atoms with van der Waals surface area (Å²) in [7, 11) is 0. The highest BCUT2D eigenvalue weighted by Gasteiger charge is 2.28. The molecule has 2 nitrogen and oxygen atoms in total. The van der Waals surface area contributed by atoms with Gasteiger partial charge in [-0.2, -0.15) is 0 Å². The van der Waals surface area contributed by atoms with Crippen molar-refractivity contribution in [2.75, 3.05) is 13.2 Å². The van der Waals surface area contributed by atoms with Crippen LogP contribution in [0.25, 0.3) is 0 Å². The lowest BCUT2D eigenvalue weighted by atomic mass is 9.85. The third-order valence-electron chi connectivity index (χ3n) is 3.32. The third kappa shape index (κ3) is 2.12. The van der Waals surface area contributed by atoms with Crippen LogP contribution in [0, 0.1) is 11.8 Å². The van der Waals surface area contributed by atoms with Crippen LogP contribution >= 0.6 is 0 Å². The molecule has 2 N–H and O–H groups in total. The Balaban J connectivity index is 2.71. The summed E-state index contributed by atoms with van der Waals surface area (Å²) in [6.45, 7) is 4.62. The number of aliphatic hydroxyl groups excluding tert-OH is 2. The molecule has 0 saturated carbocycles. The van der Waals surface area contributed by atoms with Gasteiger partial charge in [0.2, 0.25) is 0 Å². The molecular weight excluding hydrogens is 164 g/mol. The molecule has 0 aromatic heterocycles. The van der Waals surface area contributed by atoms with E-state index in [1.165, 1.54) is 11.1 Å². The van der Waals surface area contributed by atoms with Crippen LogP contribution in [0.2, 0.25) is 0 Å². The fourth-order valence-corrected chi connectivity index (χ4v) is 2.34. The van der Waals surface area contributed by atoms with Gasteiger partial charge in [0, 0.05) is 6.61 Å². The van der Waals surface area contributed by atoms with Crippen LogP contribution in [-0.2, 0) is 0 Å². The minimum absolute atomic E-state index is 0.174. The second-order valence-electron chi connectivity index (χ2n) is 3.96. The summed E-state index contributed by atoms with van der Waals surface area (Å²) in [6, 6.07) is 0. The summed E-state index contributed by atoms with van der Waals surface area (Å²) >= 11 is 0.